The summed E-state index contributed by atoms with van der Waals surface area (Å²) >= 11 is 0. The maximum Gasteiger partial charge on any atom is 0.206 e. The van der Waals surface area contributed by atoms with Crippen LogP contribution in [-0.4, -0.2) is 70.9 Å². The number of ether oxygens (including phenoxy) is 3. The molecule has 7 N–H and O–H groups in total. The van der Waals surface area contributed by atoms with Crippen LogP contribution in [0.3, 0.4) is 0 Å². The van der Waals surface area contributed by atoms with Gasteiger partial charge in [-0.25, -0.2) is 0 Å². The van der Waals surface area contributed by atoms with Gasteiger partial charge in [-0.15, -0.1) is 0 Å². The van der Waals surface area contributed by atoms with E-state index in [-0.39, 0.29) is 83.9 Å². The molecule has 15 heteroatoms. The number of fused-ring (bicyclic) bond motifs is 2. The number of nitrogen functional groups attached to an aromatic ring is 2. The van der Waals surface area contributed by atoms with E-state index in [0.717, 1.165) is 5.75 Å². The number of anilines is 3. The topological polar surface area (TPSA) is 205 Å². The second kappa shape index (κ2) is 17.6. The molecule has 251 valence electrons. The van der Waals surface area contributed by atoms with Crippen molar-refractivity contribution in [3.63, 3.8) is 0 Å². The predicted molar refractivity (Wildman–Crippen MR) is 184 cm³/mol. The van der Waals surface area contributed by atoms with Crippen molar-refractivity contribution in [2.45, 2.75) is 13.2 Å². The first-order chi connectivity index (χ1) is 23.8. The molecular formula is C35H32BN6O7Y-. The van der Waals surface area contributed by atoms with Crippen LogP contribution in [0.5, 0.6) is 29.0 Å². The number of carbonyl (C=O) groups is 2. The molecule has 4 aromatic carbocycles. The molecule has 50 heavy (non-hydrogen) atoms. The van der Waals surface area contributed by atoms with E-state index in [9.17, 15) is 19.8 Å². The van der Waals surface area contributed by atoms with Crippen LogP contribution >= 0.6 is 0 Å². The Balaban J connectivity index is 0.00000184. The fourth-order valence-corrected chi connectivity index (χ4v) is 5.11. The monoisotopic (exact) mass is 748 g/mol. The molecule has 0 bridgehead atoms. The van der Waals surface area contributed by atoms with E-state index in [1.807, 2.05) is 30.3 Å². The molecule has 1 heterocycles. The first kappa shape index (κ1) is 37.8. The average Bonchev–Trinajstić information content (AvgIpc) is 3.12. The molecule has 1 aliphatic rings. The van der Waals surface area contributed by atoms with Gasteiger partial charge in [-0.2, -0.15) is 0 Å². The molecule has 0 saturated heterocycles. The second-order valence-electron chi connectivity index (χ2n) is 10.4. The summed E-state index contributed by atoms with van der Waals surface area (Å²) < 4.78 is 16.9. The summed E-state index contributed by atoms with van der Waals surface area (Å²) in [6.07, 6.45) is 3.21. The number of phenols is 2. The van der Waals surface area contributed by atoms with Gasteiger partial charge in [-0.05, 0) is 54.4 Å². The summed E-state index contributed by atoms with van der Waals surface area (Å²) in [5.41, 5.74) is 11.9. The van der Waals surface area contributed by atoms with Crippen molar-refractivity contribution in [3.8, 4) is 40.1 Å². The van der Waals surface area contributed by atoms with E-state index in [4.69, 9.17) is 25.7 Å². The Morgan fingerprint density at radius 3 is 2.24 bits per heavy atom. The molecule has 0 aliphatic heterocycles. The number of rotatable bonds is 12. The Morgan fingerprint density at radius 1 is 0.800 bits per heavy atom. The Bertz CT molecular complexity index is 1970. The minimum absolute atomic E-state index is 0. The SMILES string of the molecule is Nc1ccc(O)c2c1C(=O)c1c(O)c(-c3ccc(Oc4n[c-]nc(NCCCOCCOc5ccccc5)n4)cc3)cc(N)c1C2=O.[B]C.[Y]. The zero-order valence-corrected chi connectivity index (χ0v) is 29.9. The third-order valence-electron chi connectivity index (χ3n) is 7.32. The maximum atomic E-state index is 13.4. The average molecular weight is 748 g/mol. The number of nitrogens with zero attached hydrogens (tertiary/aromatic N) is 3. The number of aromatic hydroxyl groups is 2. The number of benzene rings is 4. The van der Waals surface area contributed by atoms with Crippen LogP contribution in [0, 0.1) is 6.33 Å². The van der Waals surface area contributed by atoms with Crippen molar-refractivity contribution >= 4 is 36.7 Å². The Labute approximate surface area is 314 Å². The fraction of sp³-hybridized carbons (Fsp3) is 0.171. The van der Waals surface area contributed by atoms with Crippen LogP contribution in [-0.2, 0) is 37.4 Å². The molecule has 1 aromatic heterocycles. The number of para-hydroxylation sites is 1. The Hall–Kier alpha value is -5.04. The zero-order chi connectivity index (χ0) is 34.9. The smallest absolute Gasteiger partial charge is 0.206 e. The molecule has 0 amide bonds. The number of ketones is 2. The van der Waals surface area contributed by atoms with Gasteiger partial charge >= 0.3 is 0 Å². The van der Waals surface area contributed by atoms with Crippen LogP contribution in [0.1, 0.15) is 38.3 Å². The van der Waals surface area contributed by atoms with Crippen molar-refractivity contribution in [3.05, 3.63) is 101 Å². The summed E-state index contributed by atoms with van der Waals surface area (Å²) in [6, 6.07) is 20.0. The molecule has 6 rings (SSSR count). The number of hydrogen-bond acceptors (Lipinski definition) is 13. The molecule has 0 atom stereocenters. The molecule has 5 aromatic rings. The van der Waals surface area contributed by atoms with Crippen molar-refractivity contribution < 1.29 is 66.7 Å². The van der Waals surface area contributed by atoms with Gasteiger partial charge in [0.05, 0.1) is 36.7 Å². The van der Waals surface area contributed by atoms with Crippen LogP contribution < -0.4 is 26.3 Å². The predicted octanol–water partition coefficient (Wildman–Crippen LogP) is 4.58. The number of phenolic OH excluding ortho intramolecular Hbond substituents is 2. The van der Waals surface area contributed by atoms with Gasteiger partial charge in [0.2, 0.25) is 17.6 Å². The van der Waals surface area contributed by atoms with Gasteiger partial charge in [0.1, 0.15) is 35.6 Å². The van der Waals surface area contributed by atoms with Gasteiger partial charge in [0, 0.05) is 69.1 Å². The standard InChI is InChI=1S/C34H29N6O7.CH3B.Y/c35-23-11-12-25(41)28-26(23)32(44)29-27(31(28)43)24(36)17-22(30(29)42)19-7-9-21(10-8-19)47-34-39-18-38-33(40-34)37-13-4-14-45-15-16-46-20-5-2-1-3-6-20;1-2;/h1-3,5-12,17,41-42H,4,13-16,35-36H2,(H,37,38,39,40);1H3;/q-1;;. The number of aromatic nitrogens is 3. The minimum atomic E-state index is -0.717. The minimum Gasteiger partial charge on any atom is -0.507 e. The van der Waals surface area contributed by atoms with Crippen molar-refractivity contribution in [1.82, 2.24) is 15.0 Å². The summed E-state index contributed by atoms with van der Waals surface area (Å²) in [7, 11) is 4.50. The summed E-state index contributed by atoms with van der Waals surface area (Å²) in [5.74, 6) is -0.809. The normalized spacial score (nSPS) is 11.3. The second-order valence-corrected chi connectivity index (χ2v) is 10.4. The Kier molecular flexibility index (Phi) is 13.3. The fourth-order valence-electron chi connectivity index (χ4n) is 5.11. The largest absolute Gasteiger partial charge is 0.507 e. The third kappa shape index (κ3) is 8.39. The van der Waals surface area contributed by atoms with E-state index in [1.54, 1.807) is 24.3 Å². The third-order valence-corrected chi connectivity index (χ3v) is 7.32. The van der Waals surface area contributed by atoms with Crippen molar-refractivity contribution in [2.24, 2.45) is 0 Å². The van der Waals surface area contributed by atoms with Crippen LogP contribution in [0.4, 0.5) is 17.3 Å². The van der Waals surface area contributed by atoms with Gasteiger partial charge in [-0.3, -0.25) is 14.6 Å². The molecule has 3 radical (unpaired) electrons. The number of nitrogens with two attached hydrogens (primary N) is 2. The molecular weight excluding hydrogens is 716 g/mol. The number of carbonyl (C=O) groups excluding carboxylic acids is 2. The molecule has 0 fully saturated rings. The van der Waals surface area contributed by atoms with Crippen LogP contribution in [0.25, 0.3) is 11.1 Å². The Morgan fingerprint density at radius 2 is 1.50 bits per heavy atom. The summed E-state index contributed by atoms with van der Waals surface area (Å²) in [4.78, 5) is 38.9. The van der Waals surface area contributed by atoms with E-state index in [2.05, 4.69) is 34.4 Å². The molecule has 0 spiro atoms. The quantitative estimate of drug-likeness (QED) is 0.0383. The summed E-state index contributed by atoms with van der Waals surface area (Å²) in [6.45, 7) is 3.50. The van der Waals surface area contributed by atoms with Crippen LogP contribution in [0.15, 0.2) is 72.8 Å². The van der Waals surface area contributed by atoms with Gasteiger partial charge in [0.25, 0.3) is 0 Å². The van der Waals surface area contributed by atoms with Crippen molar-refractivity contribution in [1.29, 1.82) is 0 Å². The number of hydrogen-bond donors (Lipinski definition) is 5. The van der Waals surface area contributed by atoms with Crippen LogP contribution in [0.2, 0.25) is 6.82 Å². The molecule has 0 unspecified atom stereocenters. The van der Waals surface area contributed by atoms with E-state index >= 15 is 0 Å². The zero-order valence-electron chi connectivity index (χ0n) is 27.1. The molecule has 13 nitrogen and oxygen atoms in total. The van der Waals surface area contributed by atoms with Gasteiger partial charge in [0.15, 0.2) is 0 Å². The van der Waals surface area contributed by atoms with E-state index in [1.165, 1.54) is 25.0 Å². The number of nitrogens with one attached hydrogen (secondary N) is 1. The first-order valence-corrected chi connectivity index (χ1v) is 15.2. The van der Waals surface area contributed by atoms with E-state index in [0.29, 0.717) is 44.1 Å². The maximum absolute atomic E-state index is 13.4. The van der Waals surface area contributed by atoms with Crippen molar-refractivity contribution in [2.75, 3.05) is 43.1 Å². The van der Waals surface area contributed by atoms with Gasteiger partial charge in [-0.1, -0.05) is 37.2 Å². The van der Waals surface area contributed by atoms with E-state index < -0.39 is 23.1 Å². The molecule has 1 aliphatic carbocycles. The summed E-state index contributed by atoms with van der Waals surface area (Å²) in [5, 5.41) is 24.5. The van der Waals surface area contributed by atoms with Gasteiger partial charge < -0.3 is 51.2 Å². The first-order valence-electron chi connectivity index (χ1n) is 15.2. The molecule has 0 saturated carbocycles.